The molecule has 0 radical (unpaired) electrons. The molecule has 1 aromatic heterocycles. The van der Waals surface area contributed by atoms with Crippen molar-refractivity contribution in [3.63, 3.8) is 0 Å². The lowest BCUT2D eigenvalue weighted by atomic mass is 10.2. The van der Waals surface area contributed by atoms with Gasteiger partial charge in [0, 0.05) is 28.7 Å². The summed E-state index contributed by atoms with van der Waals surface area (Å²) in [7, 11) is 0. The first kappa shape index (κ1) is 12.7. The molecule has 0 aliphatic carbocycles. The first-order valence-corrected chi connectivity index (χ1v) is 6.82. The zero-order chi connectivity index (χ0) is 14.1. The van der Waals surface area contributed by atoms with E-state index >= 15 is 0 Å². The van der Waals surface area contributed by atoms with E-state index in [9.17, 15) is 4.39 Å². The van der Waals surface area contributed by atoms with E-state index in [-0.39, 0.29) is 11.5 Å². The summed E-state index contributed by atoms with van der Waals surface area (Å²) < 4.78 is 13.9. The van der Waals surface area contributed by atoms with E-state index in [2.05, 4.69) is 4.98 Å². The molecule has 0 saturated heterocycles. The smallest absolute Gasteiger partial charge is 0.139 e. The highest BCUT2D eigenvalue weighted by atomic mass is 32.2. The Bertz CT molecular complexity index is 784. The van der Waals surface area contributed by atoms with Gasteiger partial charge in [0.25, 0.3) is 0 Å². The fourth-order valence-corrected chi connectivity index (χ4v) is 2.98. The third-order valence-electron chi connectivity index (χ3n) is 3.00. The fourth-order valence-electron chi connectivity index (χ4n) is 1.96. The summed E-state index contributed by atoms with van der Waals surface area (Å²) >= 11 is 1.33. The summed E-state index contributed by atoms with van der Waals surface area (Å²) in [5, 5.41) is 2.05. The second-order valence-electron chi connectivity index (χ2n) is 4.37. The monoisotopic (exact) mass is 285 g/mol. The maximum atomic E-state index is 13.9. The molecule has 2 aromatic carbocycles. The molecule has 0 amide bonds. The summed E-state index contributed by atoms with van der Waals surface area (Å²) in [4.78, 5) is 5.50. The maximum Gasteiger partial charge on any atom is 0.139 e. The number of halogens is 1. The first-order chi connectivity index (χ1) is 9.65. The van der Waals surface area contributed by atoms with Gasteiger partial charge < -0.3 is 11.5 Å². The molecule has 20 heavy (non-hydrogen) atoms. The van der Waals surface area contributed by atoms with Crippen molar-refractivity contribution >= 4 is 33.9 Å². The van der Waals surface area contributed by atoms with Gasteiger partial charge in [-0.3, -0.25) is 4.98 Å². The average molecular weight is 285 g/mol. The van der Waals surface area contributed by atoms with Gasteiger partial charge in [-0.2, -0.15) is 0 Å². The summed E-state index contributed by atoms with van der Waals surface area (Å²) in [5.41, 5.74) is 12.0. The van der Waals surface area contributed by atoms with Crippen LogP contribution in [0.3, 0.4) is 0 Å². The molecule has 0 spiro atoms. The van der Waals surface area contributed by atoms with Crippen LogP contribution in [0.15, 0.2) is 58.6 Å². The summed E-state index contributed by atoms with van der Waals surface area (Å²) in [6.07, 6.45) is 3.51. The Morgan fingerprint density at radius 2 is 1.80 bits per heavy atom. The molecule has 4 N–H and O–H groups in total. The number of anilines is 2. The Morgan fingerprint density at radius 1 is 1.00 bits per heavy atom. The molecule has 1 heterocycles. The Balaban J connectivity index is 2.08. The minimum Gasteiger partial charge on any atom is -0.397 e. The molecule has 3 aromatic rings. The standard InChI is InChI=1S/C15H12FN3S/c16-11-6-12(17)13(18)7-15(11)20-14-3-1-2-9-8-19-5-4-10(9)14/h1-8H,17-18H2. The second kappa shape index (κ2) is 5.02. The molecule has 0 aliphatic rings. The van der Waals surface area contributed by atoms with Gasteiger partial charge >= 0.3 is 0 Å². The van der Waals surface area contributed by atoms with Crippen LogP contribution < -0.4 is 11.5 Å². The number of nitrogens with two attached hydrogens (primary N) is 2. The van der Waals surface area contributed by atoms with Gasteiger partial charge in [0.05, 0.1) is 16.3 Å². The SMILES string of the molecule is Nc1cc(F)c(Sc2cccc3cnccc23)cc1N. The van der Waals surface area contributed by atoms with Crippen molar-refractivity contribution in [2.45, 2.75) is 9.79 Å². The van der Waals surface area contributed by atoms with Crippen LogP contribution in [0.5, 0.6) is 0 Å². The van der Waals surface area contributed by atoms with Crippen molar-refractivity contribution in [2.24, 2.45) is 0 Å². The van der Waals surface area contributed by atoms with E-state index in [1.807, 2.05) is 24.3 Å². The number of nitrogens with zero attached hydrogens (tertiary/aromatic N) is 1. The topological polar surface area (TPSA) is 64.9 Å². The van der Waals surface area contributed by atoms with Gasteiger partial charge in [-0.25, -0.2) is 4.39 Å². The predicted octanol–water partition coefficient (Wildman–Crippen LogP) is 3.69. The number of nitrogen functional groups attached to an aromatic ring is 2. The van der Waals surface area contributed by atoms with Crippen LogP contribution in [0, 0.1) is 5.82 Å². The number of benzene rings is 2. The normalized spacial score (nSPS) is 10.8. The number of rotatable bonds is 2. The number of hydrogen-bond acceptors (Lipinski definition) is 4. The molecule has 0 atom stereocenters. The minimum atomic E-state index is -0.368. The Hall–Kier alpha value is -2.27. The van der Waals surface area contributed by atoms with Crippen molar-refractivity contribution in [3.05, 3.63) is 54.6 Å². The zero-order valence-electron chi connectivity index (χ0n) is 10.5. The number of hydrogen-bond donors (Lipinski definition) is 2. The fraction of sp³-hybridized carbons (Fsp3) is 0. The average Bonchev–Trinajstić information content (AvgIpc) is 2.45. The van der Waals surface area contributed by atoms with Crippen LogP contribution in [-0.2, 0) is 0 Å². The molecule has 0 aliphatic heterocycles. The van der Waals surface area contributed by atoms with Crippen LogP contribution >= 0.6 is 11.8 Å². The van der Waals surface area contributed by atoms with E-state index in [1.165, 1.54) is 17.8 Å². The highest BCUT2D eigenvalue weighted by Gasteiger charge is 2.09. The summed E-state index contributed by atoms with van der Waals surface area (Å²) in [5.74, 6) is -0.368. The zero-order valence-corrected chi connectivity index (χ0v) is 11.3. The second-order valence-corrected chi connectivity index (χ2v) is 5.45. The largest absolute Gasteiger partial charge is 0.397 e. The van der Waals surface area contributed by atoms with Crippen molar-refractivity contribution in [1.29, 1.82) is 0 Å². The van der Waals surface area contributed by atoms with Crippen LogP contribution in [0.4, 0.5) is 15.8 Å². The molecular weight excluding hydrogens is 273 g/mol. The number of aromatic nitrogens is 1. The van der Waals surface area contributed by atoms with Gasteiger partial charge in [0.15, 0.2) is 0 Å². The van der Waals surface area contributed by atoms with E-state index in [1.54, 1.807) is 18.5 Å². The molecule has 0 saturated carbocycles. The summed E-state index contributed by atoms with van der Waals surface area (Å²) in [6, 6.07) is 10.6. The van der Waals surface area contributed by atoms with Crippen molar-refractivity contribution < 1.29 is 4.39 Å². The Kier molecular flexibility index (Phi) is 3.20. The predicted molar refractivity (Wildman–Crippen MR) is 81.1 cm³/mol. The van der Waals surface area contributed by atoms with Crippen molar-refractivity contribution in [1.82, 2.24) is 4.98 Å². The number of pyridine rings is 1. The third-order valence-corrected chi connectivity index (χ3v) is 4.11. The quantitative estimate of drug-likeness (QED) is 0.705. The van der Waals surface area contributed by atoms with E-state index < -0.39 is 0 Å². The molecule has 5 heteroatoms. The van der Waals surface area contributed by atoms with Gasteiger partial charge in [0.2, 0.25) is 0 Å². The lowest BCUT2D eigenvalue weighted by Gasteiger charge is -2.09. The molecule has 3 rings (SSSR count). The molecular formula is C15H12FN3S. The lowest BCUT2D eigenvalue weighted by Crippen LogP contribution is -1.96. The van der Waals surface area contributed by atoms with Gasteiger partial charge in [-0.1, -0.05) is 23.9 Å². The van der Waals surface area contributed by atoms with Crippen molar-refractivity contribution in [2.75, 3.05) is 11.5 Å². The molecule has 3 nitrogen and oxygen atoms in total. The lowest BCUT2D eigenvalue weighted by molar-refractivity contribution is 0.603. The van der Waals surface area contributed by atoms with Gasteiger partial charge in [0.1, 0.15) is 5.82 Å². The molecule has 0 bridgehead atoms. The van der Waals surface area contributed by atoms with E-state index in [0.29, 0.717) is 10.6 Å². The van der Waals surface area contributed by atoms with Crippen molar-refractivity contribution in [3.8, 4) is 0 Å². The third kappa shape index (κ3) is 2.28. The van der Waals surface area contributed by atoms with E-state index in [0.717, 1.165) is 15.7 Å². The van der Waals surface area contributed by atoms with Crippen LogP contribution in [0.25, 0.3) is 10.8 Å². The van der Waals surface area contributed by atoms with Gasteiger partial charge in [-0.05, 0) is 23.6 Å². The molecule has 0 fully saturated rings. The van der Waals surface area contributed by atoms with Crippen LogP contribution in [-0.4, -0.2) is 4.98 Å². The molecule has 100 valence electrons. The minimum absolute atomic E-state index is 0.258. The Labute approximate surface area is 119 Å². The van der Waals surface area contributed by atoms with Gasteiger partial charge in [-0.15, -0.1) is 0 Å². The maximum absolute atomic E-state index is 13.9. The molecule has 0 unspecified atom stereocenters. The Morgan fingerprint density at radius 3 is 2.65 bits per heavy atom. The summed E-state index contributed by atoms with van der Waals surface area (Å²) in [6.45, 7) is 0. The highest BCUT2D eigenvalue weighted by molar-refractivity contribution is 7.99. The van der Waals surface area contributed by atoms with Crippen LogP contribution in [0.1, 0.15) is 0 Å². The van der Waals surface area contributed by atoms with Crippen LogP contribution in [0.2, 0.25) is 0 Å². The highest BCUT2D eigenvalue weighted by Crippen LogP contribution is 2.36. The number of fused-ring (bicyclic) bond motifs is 1. The first-order valence-electron chi connectivity index (χ1n) is 6.00. The van der Waals surface area contributed by atoms with E-state index in [4.69, 9.17) is 11.5 Å².